The number of amides is 1. The second kappa shape index (κ2) is 6.71. The molecular formula is C18H21N3OS. The quantitative estimate of drug-likeness (QED) is 0.640. The summed E-state index contributed by atoms with van der Waals surface area (Å²) in [7, 11) is 0. The molecule has 0 spiro atoms. The Labute approximate surface area is 141 Å². The van der Waals surface area contributed by atoms with Gasteiger partial charge in [-0.1, -0.05) is 49.0 Å². The molecule has 4 nitrogen and oxygen atoms in total. The van der Waals surface area contributed by atoms with Crippen LogP contribution in [0.15, 0.2) is 47.9 Å². The van der Waals surface area contributed by atoms with Gasteiger partial charge < -0.3 is 4.90 Å². The summed E-state index contributed by atoms with van der Waals surface area (Å²) in [6.45, 7) is 3.78. The molecule has 1 saturated heterocycles. The van der Waals surface area contributed by atoms with Gasteiger partial charge in [-0.15, -0.1) is 0 Å². The van der Waals surface area contributed by atoms with Gasteiger partial charge in [-0.3, -0.25) is 4.79 Å². The number of rotatable bonds is 3. The van der Waals surface area contributed by atoms with Crippen LogP contribution in [0.5, 0.6) is 0 Å². The van der Waals surface area contributed by atoms with Gasteiger partial charge in [0, 0.05) is 30.9 Å². The van der Waals surface area contributed by atoms with Crippen LogP contribution in [-0.4, -0.2) is 40.1 Å². The minimum Gasteiger partial charge on any atom is -0.338 e. The Morgan fingerprint density at radius 2 is 1.91 bits per heavy atom. The third-order valence-electron chi connectivity index (χ3n) is 4.51. The highest BCUT2D eigenvalue weighted by molar-refractivity contribution is 7.98. The predicted molar refractivity (Wildman–Crippen MR) is 92.7 cm³/mol. The van der Waals surface area contributed by atoms with Crippen molar-refractivity contribution in [3.8, 4) is 0 Å². The smallest absolute Gasteiger partial charge is 0.257 e. The van der Waals surface area contributed by atoms with Crippen molar-refractivity contribution in [1.82, 2.24) is 14.9 Å². The SMILES string of the molecule is CSc1ncc(C(=O)N2CCCC(C)(c3ccccc3)C2)cn1. The minimum absolute atomic E-state index is 0.00916. The van der Waals surface area contributed by atoms with E-state index in [1.54, 1.807) is 12.4 Å². The molecule has 0 radical (unpaired) electrons. The van der Waals surface area contributed by atoms with Crippen molar-refractivity contribution >= 4 is 17.7 Å². The van der Waals surface area contributed by atoms with E-state index in [0.29, 0.717) is 10.7 Å². The highest BCUT2D eigenvalue weighted by Gasteiger charge is 2.34. The van der Waals surface area contributed by atoms with Gasteiger partial charge in [-0.2, -0.15) is 0 Å². The molecule has 3 rings (SSSR count). The summed E-state index contributed by atoms with van der Waals surface area (Å²) in [5.74, 6) is 0.0273. The molecule has 2 aromatic rings. The largest absolute Gasteiger partial charge is 0.338 e. The number of carbonyl (C=O) groups is 1. The van der Waals surface area contributed by atoms with Gasteiger partial charge in [0.1, 0.15) is 0 Å². The van der Waals surface area contributed by atoms with Crippen LogP contribution >= 0.6 is 11.8 Å². The molecule has 0 saturated carbocycles. The number of thioether (sulfide) groups is 1. The molecule has 2 heterocycles. The van der Waals surface area contributed by atoms with Crippen LogP contribution in [0.4, 0.5) is 0 Å². The average molecular weight is 327 g/mol. The fraction of sp³-hybridized carbons (Fsp3) is 0.389. The Morgan fingerprint density at radius 1 is 1.22 bits per heavy atom. The first-order valence-electron chi connectivity index (χ1n) is 7.83. The Balaban J connectivity index is 1.79. The lowest BCUT2D eigenvalue weighted by Crippen LogP contribution is -2.47. The monoisotopic (exact) mass is 327 g/mol. The number of hydrogen-bond donors (Lipinski definition) is 0. The molecule has 1 fully saturated rings. The molecule has 0 aliphatic carbocycles. The van der Waals surface area contributed by atoms with Crippen molar-refractivity contribution in [2.24, 2.45) is 0 Å². The van der Waals surface area contributed by atoms with Gasteiger partial charge in [0.05, 0.1) is 5.56 Å². The van der Waals surface area contributed by atoms with E-state index in [-0.39, 0.29) is 11.3 Å². The second-order valence-corrected chi connectivity index (χ2v) is 6.99. The van der Waals surface area contributed by atoms with Crippen LogP contribution in [0.3, 0.4) is 0 Å². The maximum absolute atomic E-state index is 12.8. The van der Waals surface area contributed by atoms with Crippen molar-refractivity contribution in [1.29, 1.82) is 0 Å². The number of likely N-dealkylation sites (tertiary alicyclic amines) is 1. The van der Waals surface area contributed by atoms with E-state index >= 15 is 0 Å². The Morgan fingerprint density at radius 3 is 2.57 bits per heavy atom. The highest BCUT2D eigenvalue weighted by Crippen LogP contribution is 2.34. The summed E-state index contributed by atoms with van der Waals surface area (Å²) in [6, 6.07) is 10.5. The predicted octanol–water partition coefficient (Wildman–Crippen LogP) is 3.39. The molecule has 1 amide bonds. The molecule has 0 bridgehead atoms. The molecule has 1 aliphatic heterocycles. The van der Waals surface area contributed by atoms with E-state index in [1.807, 2.05) is 17.2 Å². The fourth-order valence-electron chi connectivity index (χ4n) is 3.20. The third kappa shape index (κ3) is 3.39. The zero-order chi connectivity index (χ0) is 16.3. The zero-order valence-corrected chi connectivity index (χ0v) is 14.3. The van der Waals surface area contributed by atoms with Crippen molar-refractivity contribution in [2.45, 2.75) is 30.3 Å². The van der Waals surface area contributed by atoms with E-state index in [9.17, 15) is 4.79 Å². The average Bonchev–Trinajstić information content (AvgIpc) is 2.62. The van der Waals surface area contributed by atoms with E-state index in [1.165, 1.54) is 17.3 Å². The maximum Gasteiger partial charge on any atom is 0.257 e. The number of benzene rings is 1. The number of nitrogens with zero attached hydrogens (tertiary/aromatic N) is 3. The first kappa shape index (κ1) is 16.0. The van der Waals surface area contributed by atoms with Gasteiger partial charge >= 0.3 is 0 Å². The van der Waals surface area contributed by atoms with Gasteiger partial charge in [0.15, 0.2) is 5.16 Å². The van der Waals surface area contributed by atoms with Crippen molar-refractivity contribution in [3.63, 3.8) is 0 Å². The molecule has 5 heteroatoms. The van der Waals surface area contributed by atoms with Crippen LogP contribution in [0.2, 0.25) is 0 Å². The lowest BCUT2D eigenvalue weighted by molar-refractivity contribution is 0.0650. The Bertz CT molecular complexity index is 674. The van der Waals surface area contributed by atoms with Crippen LogP contribution in [0, 0.1) is 0 Å². The van der Waals surface area contributed by atoms with Gasteiger partial charge in [0.25, 0.3) is 5.91 Å². The summed E-state index contributed by atoms with van der Waals surface area (Å²) < 4.78 is 0. The van der Waals surface area contributed by atoms with Crippen molar-refractivity contribution in [3.05, 3.63) is 53.9 Å². The molecule has 120 valence electrons. The lowest BCUT2D eigenvalue weighted by Gasteiger charge is -2.41. The first-order chi connectivity index (χ1) is 11.1. The molecule has 1 unspecified atom stereocenters. The normalized spacial score (nSPS) is 21.2. The highest BCUT2D eigenvalue weighted by atomic mass is 32.2. The van der Waals surface area contributed by atoms with Crippen LogP contribution in [0.1, 0.15) is 35.7 Å². The molecule has 23 heavy (non-hydrogen) atoms. The third-order valence-corrected chi connectivity index (χ3v) is 5.09. The van der Waals surface area contributed by atoms with E-state index in [0.717, 1.165) is 25.9 Å². The molecule has 0 N–H and O–H groups in total. The topological polar surface area (TPSA) is 46.1 Å². The Kier molecular flexibility index (Phi) is 4.66. The van der Waals surface area contributed by atoms with Crippen molar-refractivity contribution in [2.75, 3.05) is 19.3 Å². The van der Waals surface area contributed by atoms with Gasteiger partial charge in [0.2, 0.25) is 0 Å². The molecule has 1 aliphatic rings. The molecule has 1 aromatic heterocycles. The fourth-order valence-corrected chi connectivity index (χ4v) is 3.52. The summed E-state index contributed by atoms with van der Waals surface area (Å²) in [5.41, 5.74) is 1.88. The second-order valence-electron chi connectivity index (χ2n) is 6.22. The number of aromatic nitrogens is 2. The molecule has 1 aromatic carbocycles. The van der Waals surface area contributed by atoms with E-state index in [2.05, 4.69) is 41.2 Å². The zero-order valence-electron chi connectivity index (χ0n) is 13.5. The Hall–Kier alpha value is -1.88. The van der Waals surface area contributed by atoms with Crippen LogP contribution in [-0.2, 0) is 5.41 Å². The summed E-state index contributed by atoms with van der Waals surface area (Å²) in [6.07, 6.45) is 7.31. The number of hydrogen-bond acceptors (Lipinski definition) is 4. The lowest BCUT2D eigenvalue weighted by atomic mass is 9.76. The number of piperidine rings is 1. The van der Waals surface area contributed by atoms with E-state index in [4.69, 9.17) is 0 Å². The van der Waals surface area contributed by atoms with E-state index < -0.39 is 0 Å². The van der Waals surface area contributed by atoms with Gasteiger partial charge in [-0.05, 0) is 24.7 Å². The first-order valence-corrected chi connectivity index (χ1v) is 9.06. The summed E-state index contributed by atoms with van der Waals surface area (Å²) in [5, 5.41) is 0.689. The summed E-state index contributed by atoms with van der Waals surface area (Å²) in [4.78, 5) is 23.1. The summed E-state index contributed by atoms with van der Waals surface area (Å²) >= 11 is 1.47. The maximum atomic E-state index is 12.8. The van der Waals surface area contributed by atoms with Crippen LogP contribution in [0.25, 0.3) is 0 Å². The molecular weight excluding hydrogens is 306 g/mol. The molecule has 1 atom stereocenters. The van der Waals surface area contributed by atoms with Crippen molar-refractivity contribution < 1.29 is 4.79 Å². The minimum atomic E-state index is 0.00916. The van der Waals surface area contributed by atoms with Gasteiger partial charge in [-0.25, -0.2) is 9.97 Å². The standard InChI is InChI=1S/C18H21N3OS/c1-18(15-7-4-3-5-8-15)9-6-10-21(13-18)16(22)14-11-19-17(23-2)20-12-14/h3-5,7-8,11-12H,6,9-10,13H2,1-2H3. The van der Waals surface area contributed by atoms with Crippen LogP contribution < -0.4 is 0 Å². The number of carbonyl (C=O) groups excluding carboxylic acids is 1.